The van der Waals surface area contributed by atoms with Gasteiger partial charge in [0.2, 0.25) is 0 Å². The van der Waals surface area contributed by atoms with Gasteiger partial charge in [0, 0.05) is 5.39 Å². The van der Waals surface area contributed by atoms with Crippen molar-refractivity contribution in [1.82, 2.24) is 5.43 Å². The largest absolute Gasteiger partial charge is 0.494 e. The number of hydrogen-bond donors (Lipinski definition) is 1. The summed E-state index contributed by atoms with van der Waals surface area (Å²) in [7, 11) is 0. The lowest BCUT2D eigenvalue weighted by atomic mass is 10.1. The third kappa shape index (κ3) is 6.95. The Kier molecular flexibility index (Phi) is 8.49. The number of nitrogens with zero attached hydrogens (tertiary/aromatic N) is 1. The molecule has 0 aliphatic heterocycles. The number of amides is 1. The molecule has 188 valence electrons. The number of carbonyl (C=O) groups is 2. The first kappa shape index (κ1) is 25.4. The van der Waals surface area contributed by atoms with Crippen LogP contribution in [0.2, 0.25) is 0 Å². The summed E-state index contributed by atoms with van der Waals surface area (Å²) >= 11 is 0. The Morgan fingerprint density at radius 2 is 1.59 bits per heavy atom. The van der Waals surface area contributed by atoms with Crippen molar-refractivity contribution >= 4 is 28.9 Å². The van der Waals surface area contributed by atoms with E-state index in [-0.39, 0.29) is 5.91 Å². The summed E-state index contributed by atoms with van der Waals surface area (Å²) < 4.78 is 16.8. The van der Waals surface area contributed by atoms with E-state index in [9.17, 15) is 9.59 Å². The summed E-state index contributed by atoms with van der Waals surface area (Å²) in [6.07, 6.45) is 1.68. The molecule has 1 amide bonds. The Bertz CT molecular complexity index is 1380. The highest BCUT2D eigenvalue weighted by atomic mass is 16.5. The Hall–Kier alpha value is -4.65. The van der Waals surface area contributed by atoms with Crippen LogP contribution in [-0.4, -0.2) is 30.8 Å². The van der Waals surface area contributed by atoms with Gasteiger partial charge < -0.3 is 14.2 Å². The summed E-state index contributed by atoms with van der Waals surface area (Å²) in [6.45, 7) is 4.32. The van der Waals surface area contributed by atoms with Gasteiger partial charge in [0.25, 0.3) is 5.91 Å². The predicted molar refractivity (Wildman–Crippen MR) is 143 cm³/mol. The first-order valence-electron chi connectivity index (χ1n) is 12.1. The van der Waals surface area contributed by atoms with Gasteiger partial charge in [-0.15, -0.1) is 0 Å². The minimum atomic E-state index is -0.739. The normalized spacial score (nSPS) is 11.7. The minimum Gasteiger partial charge on any atom is -0.494 e. The van der Waals surface area contributed by atoms with E-state index in [1.807, 2.05) is 49.4 Å². The molecule has 0 saturated heterocycles. The third-order valence-corrected chi connectivity index (χ3v) is 5.46. The van der Waals surface area contributed by atoms with Gasteiger partial charge in [0.15, 0.2) is 6.10 Å². The molecule has 7 nitrogen and oxygen atoms in total. The van der Waals surface area contributed by atoms with Crippen LogP contribution in [-0.2, 0) is 4.79 Å². The van der Waals surface area contributed by atoms with Crippen LogP contribution < -0.4 is 19.6 Å². The van der Waals surface area contributed by atoms with Crippen LogP contribution in [0.15, 0.2) is 96.1 Å². The van der Waals surface area contributed by atoms with Gasteiger partial charge in [-0.1, -0.05) is 43.3 Å². The van der Waals surface area contributed by atoms with Gasteiger partial charge in [0.05, 0.1) is 18.4 Å². The second kappa shape index (κ2) is 12.4. The first-order valence-corrected chi connectivity index (χ1v) is 12.1. The van der Waals surface area contributed by atoms with Gasteiger partial charge in [-0.25, -0.2) is 10.2 Å². The zero-order valence-electron chi connectivity index (χ0n) is 20.7. The number of nitrogens with one attached hydrogen (secondary N) is 1. The molecule has 4 aromatic rings. The summed E-state index contributed by atoms with van der Waals surface area (Å²) in [5, 5.41) is 5.98. The average Bonchev–Trinajstić information content (AvgIpc) is 2.93. The molecule has 0 aliphatic carbocycles. The lowest BCUT2D eigenvalue weighted by Gasteiger charge is -2.14. The maximum atomic E-state index is 12.4. The summed E-state index contributed by atoms with van der Waals surface area (Å²) in [5.74, 6) is 0.908. The molecular formula is C30H28N2O5. The van der Waals surface area contributed by atoms with Crippen molar-refractivity contribution in [1.29, 1.82) is 0 Å². The maximum absolute atomic E-state index is 12.4. The first-order chi connectivity index (χ1) is 18.0. The molecule has 7 heteroatoms. The Balaban J connectivity index is 1.27. The van der Waals surface area contributed by atoms with Crippen molar-refractivity contribution in [3.05, 3.63) is 102 Å². The van der Waals surface area contributed by atoms with Gasteiger partial charge in [-0.2, -0.15) is 5.10 Å². The van der Waals surface area contributed by atoms with Crippen LogP contribution in [0, 0.1) is 0 Å². The zero-order valence-corrected chi connectivity index (χ0v) is 20.7. The van der Waals surface area contributed by atoms with Gasteiger partial charge in [-0.3, -0.25) is 4.79 Å². The minimum absolute atomic E-state index is 0.374. The molecule has 1 N–H and O–H groups in total. The molecule has 1 atom stereocenters. The van der Waals surface area contributed by atoms with E-state index in [2.05, 4.69) is 10.5 Å². The van der Waals surface area contributed by atoms with E-state index in [1.165, 1.54) is 6.21 Å². The highest BCUT2D eigenvalue weighted by Gasteiger charge is 2.15. The molecule has 0 aromatic heterocycles. The third-order valence-electron chi connectivity index (χ3n) is 5.46. The van der Waals surface area contributed by atoms with Crippen molar-refractivity contribution in [3.8, 4) is 17.2 Å². The highest BCUT2D eigenvalue weighted by molar-refractivity contribution is 5.91. The molecule has 37 heavy (non-hydrogen) atoms. The summed E-state index contributed by atoms with van der Waals surface area (Å²) in [5.41, 5.74) is 3.64. The highest BCUT2D eigenvalue weighted by Crippen LogP contribution is 2.26. The fourth-order valence-electron chi connectivity index (χ4n) is 3.50. The van der Waals surface area contributed by atoms with Crippen LogP contribution in [0.4, 0.5) is 0 Å². The monoisotopic (exact) mass is 496 g/mol. The molecule has 0 bridgehead atoms. The molecule has 4 aromatic carbocycles. The summed E-state index contributed by atoms with van der Waals surface area (Å²) in [4.78, 5) is 24.8. The van der Waals surface area contributed by atoms with Crippen LogP contribution in [0.3, 0.4) is 0 Å². The standard InChI is InChI=1S/C30H28N2O5/c1-3-19-35-25-17-13-24(14-18-25)30(34)37-26-15-11-22(12-16-26)20-31-32-29(33)21(2)36-28-10-6-8-23-7-4-5-9-27(23)28/h4-18,20-21H,3,19H2,1-2H3,(H,32,33). The van der Waals surface area contributed by atoms with Gasteiger partial charge in [-0.05, 0) is 78.9 Å². The van der Waals surface area contributed by atoms with Crippen molar-refractivity contribution in [3.63, 3.8) is 0 Å². The molecular weight excluding hydrogens is 468 g/mol. The Morgan fingerprint density at radius 1 is 0.892 bits per heavy atom. The van der Waals surface area contributed by atoms with Crippen LogP contribution >= 0.6 is 0 Å². The van der Waals surface area contributed by atoms with Crippen molar-refractivity contribution in [2.45, 2.75) is 26.4 Å². The molecule has 0 aliphatic rings. The van der Waals surface area contributed by atoms with E-state index in [1.54, 1.807) is 55.5 Å². The number of carbonyl (C=O) groups excluding carboxylic acids is 2. The van der Waals surface area contributed by atoms with E-state index in [4.69, 9.17) is 14.2 Å². The fraction of sp³-hybridized carbons (Fsp3) is 0.167. The van der Waals surface area contributed by atoms with Crippen LogP contribution in [0.5, 0.6) is 17.2 Å². The smallest absolute Gasteiger partial charge is 0.343 e. The topological polar surface area (TPSA) is 86.2 Å². The molecule has 0 spiro atoms. The van der Waals surface area contributed by atoms with Crippen LogP contribution in [0.25, 0.3) is 10.8 Å². The maximum Gasteiger partial charge on any atom is 0.343 e. The van der Waals surface area contributed by atoms with Crippen molar-refractivity contribution < 1.29 is 23.8 Å². The second-order valence-electron chi connectivity index (χ2n) is 8.30. The zero-order chi connectivity index (χ0) is 26.0. The number of hydrazone groups is 1. The van der Waals surface area contributed by atoms with E-state index < -0.39 is 12.1 Å². The van der Waals surface area contributed by atoms with E-state index >= 15 is 0 Å². The number of esters is 1. The van der Waals surface area contributed by atoms with E-state index in [0.29, 0.717) is 29.4 Å². The molecule has 0 saturated carbocycles. The summed E-state index contributed by atoms with van der Waals surface area (Å²) in [6, 6.07) is 27.1. The number of rotatable bonds is 10. The fourth-order valence-corrected chi connectivity index (χ4v) is 3.50. The Morgan fingerprint density at radius 3 is 2.35 bits per heavy atom. The molecule has 0 radical (unpaired) electrons. The van der Waals surface area contributed by atoms with Gasteiger partial charge >= 0.3 is 5.97 Å². The molecule has 0 heterocycles. The lowest BCUT2D eigenvalue weighted by molar-refractivity contribution is -0.127. The average molecular weight is 497 g/mol. The number of ether oxygens (including phenoxy) is 3. The van der Waals surface area contributed by atoms with Crippen molar-refractivity contribution in [2.75, 3.05) is 6.61 Å². The molecule has 0 fully saturated rings. The SMILES string of the molecule is CCCOc1ccc(C(=O)Oc2ccc(C=NNC(=O)C(C)Oc3cccc4ccccc34)cc2)cc1. The molecule has 4 rings (SSSR count). The van der Waals surface area contributed by atoms with Crippen molar-refractivity contribution in [2.24, 2.45) is 5.10 Å². The lowest BCUT2D eigenvalue weighted by Crippen LogP contribution is -2.33. The predicted octanol–water partition coefficient (Wildman–Crippen LogP) is 5.77. The Labute approximate surface area is 215 Å². The number of hydrogen-bond acceptors (Lipinski definition) is 6. The second-order valence-corrected chi connectivity index (χ2v) is 8.30. The van der Waals surface area contributed by atoms with Crippen LogP contribution in [0.1, 0.15) is 36.2 Å². The number of benzene rings is 4. The molecule has 1 unspecified atom stereocenters. The van der Waals surface area contributed by atoms with E-state index in [0.717, 1.165) is 22.8 Å². The quantitative estimate of drug-likeness (QED) is 0.130. The van der Waals surface area contributed by atoms with Gasteiger partial charge in [0.1, 0.15) is 17.2 Å². The number of fused-ring (bicyclic) bond motifs is 1.